The normalized spacial score (nSPS) is 13.4. The van der Waals surface area contributed by atoms with Crippen molar-refractivity contribution in [3.63, 3.8) is 0 Å². The van der Waals surface area contributed by atoms with Gasteiger partial charge in [-0.3, -0.25) is 14.4 Å². The topological polar surface area (TPSA) is 114 Å². The third-order valence-corrected chi connectivity index (χ3v) is 5.94. The van der Waals surface area contributed by atoms with E-state index in [-0.39, 0.29) is 23.5 Å². The van der Waals surface area contributed by atoms with Gasteiger partial charge in [0.2, 0.25) is 0 Å². The van der Waals surface area contributed by atoms with Gasteiger partial charge in [-0.1, -0.05) is 0 Å². The Morgan fingerprint density at radius 2 is 1.92 bits per heavy atom. The van der Waals surface area contributed by atoms with Crippen LogP contribution in [0.3, 0.4) is 0 Å². The van der Waals surface area contributed by atoms with Gasteiger partial charge in [-0.05, 0) is 36.8 Å². The molecular weight excluding hydrogens is 477 g/mol. The Morgan fingerprint density at radius 3 is 2.58 bits per heavy atom. The zero-order valence-electron chi connectivity index (χ0n) is 19.5. The first-order valence-corrected chi connectivity index (χ1v) is 11.0. The van der Waals surface area contributed by atoms with Gasteiger partial charge < -0.3 is 15.0 Å². The zero-order chi connectivity index (χ0) is 25.8. The van der Waals surface area contributed by atoms with Crippen LogP contribution >= 0.6 is 0 Å². The van der Waals surface area contributed by atoms with Crippen molar-refractivity contribution in [2.75, 3.05) is 16.8 Å². The summed E-state index contributed by atoms with van der Waals surface area (Å²) < 4.78 is 44.4. The number of nitrogens with one attached hydrogen (secondary N) is 1. The molecule has 186 valence electrons. The summed E-state index contributed by atoms with van der Waals surface area (Å²) in [5, 5.41) is 25.4. The lowest BCUT2D eigenvalue weighted by Gasteiger charge is -2.18. The third-order valence-electron chi connectivity index (χ3n) is 5.94. The van der Waals surface area contributed by atoms with Crippen LogP contribution < -0.4 is 10.2 Å². The molecule has 0 saturated carbocycles. The first kappa shape index (κ1) is 23.3. The second kappa shape index (κ2) is 8.36. The number of phenols is 1. The van der Waals surface area contributed by atoms with E-state index < -0.39 is 23.4 Å². The number of amides is 1. The maximum absolute atomic E-state index is 13.7. The Balaban J connectivity index is 1.64. The molecule has 0 bridgehead atoms. The van der Waals surface area contributed by atoms with Crippen LogP contribution in [-0.4, -0.2) is 47.1 Å². The molecule has 5 rings (SSSR count). The third kappa shape index (κ3) is 3.82. The van der Waals surface area contributed by atoms with Crippen molar-refractivity contribution in [3.8, 4) is 28.4 Å². The van der Waals surface area contributed by atoms with Crippen LogP contribution in [0.4, 0.5) is 24.8 Å². The number of fused-ring (bicyclic) bond motifs is 1. The fourth-order valence-electron chi connectivity index (χ4n) is 4.36. The van der Waals surface area contributed by atoms with Crippen molar-refractivity contribution in [2.24, 2.45) is 14.1 Å². The van der Waals surface area contributed by atoms with Crippen molar-refractivity contribution < 1.29 is 23.1 Å². The predicted molar refractivity (Wildman–Crippen MR) is 124 cm³/mol. The second-order valence-corrected chi connectivity index (χ2v) is 8.33. The Hall–Kier alpha value is -4.42. The molecule has 0 aliphatic carbocycles. The number of carbonyl (C=O) groups is 1. The Kier molecular flexibility index (Phi) is 5.42. The molecule has 0 saturated heterocycles. The summed E-state index contributed by atoms with van der Waals surface area (Å²) in [4.78, 5) is 18.9. The fourth-order valence-corrected chi connectivity index (χ4v) is 4.36. The molecule has 2 N–H and O–H groups in total. The molecule has 36 heavy (non-hydrogen) atoms. The minimum Gasteiger partial charge on any atom is -0.508 e. The summed E-state index contributed by atoms with van der Waals surface area (Å²) in [6, 6.07) is 5.07. The van der Waals surface area contributed by atoms with Gasteiger partial charge in [-0.15, -0.1) is 10.2 Å². The molecule has 0 spiro atoms. The second-order valence-electron chi connectivity index (χ2n) is 8.33. The van der Waals surface area contributed by atoms with Gasteiger partial charge in [0.05, 0.1) is 29.6 Å². The summed E-state index contributed by atoms with van der Waals surface area (Å²) in [6.45, 7) is 2.06. The van der Waals surface area contributed by atoms with Crippen molar-refractivity contribution in [1.82, 2.24) is 29.5 Å². The molecule has 0 unspecified atom stereocenters. The summed E-state index contributed by atoms with van der Waals surface area (Å²) in [6.07, 6.45) is -1.54. The monoisotopic (exact) mass is 498 g/mol. The number of benzene rings is 1. The molecule has 10 nitrogen and oxygen atoms in total. The number of carbonyl (C=O) groups excluding carboxylic acids is 1. The molecule has 0 fully saturated rings. The van der Waals surface area contributed by atoms with Crippen LogP contribution in [0, 0.1) is 0 Å². The molecule has 4 aromatic rings. The van der Waals surface area contributed by atoms with E-state index in [2.05, 4.69) is 25.6 Å². The van der Waals surface area contributed by atoms with Crippen molar-refractivity contribution in [1.29, 1.82) is 0 Å². The standard InChI is InChI=1S/C23H21F3N8O2/c1-4-27-18-5-12(20-15(9-29-33(20)3)21-31-28-11-32(21)2)6-19(30-18)34-10-16-14(22(34)36)7-13(35)8-17(16)23(24,25)26/h5-9,11,35H,4,10H2,1-3H3,(H,27,30). The van der Waals surface area contributed by atoms with E-state index >= 15 is 0 Å². The molecular formula is C23H21F3N8O2. The van der Waals surface area contributed by atoms with Crippen LogP contribution in [0.1, 0.15) is 28.4 Å². The first-order chi connectivity index (χ1) is 17.1. The van der Waals surface area contributed by atoms with E-state index in [1.807, 2.05) is 6.92 Å². The minimum atomic E-state index is -4.73. The Labute approximate surface area is 203 Å². The van der Waals surface area contributed by atoms with Crippen LogP contribution in [0.15, 0.2) is 36.8 Å². The van der Waals surface area contributed by atoms with Gasteiger partial charge in [0, 0.05) is 31.8 Å². The number of rotatable bonds is 5. The molecule has 1 aromatic carbocycles. The Bertz CT molecular complexity index is 1490. The molecule has 1 aliphatic heterocycles. The minimum absolute atomic E-state index is 0.155. The number of alkyl halides is 3. The van der Waals surface area contributed by atoms with Gasteiger partial charge >= 0.3 is 6.18 Å². The first-order valence-electron chi connectivity index (χ1n) is 11.0. The van der Waals surface area contributed by atoms with Gasteiger partial charge in [-0.25, -0.2) is 4.98 Å². The quantitative estimate of drug-likeness (QED) is 0.432. The molecule has 0 radical (unpaired) electrons. The summed E-state index contributed by atoms with van der Waals surface area (Å²) in [5.41, 5.74) is 0.496. The fraction of sp³-hybridized carbons (Fsp3) is 0.261. The number of hydrogen-bond acceptors (Lipinski definition) is 7. The number of hydrogen-bond donors (Lipinski definition) is 2. The maximum Gasteiger partial charge on any atom is 0.416 e. The summed E-state index contributed by atoms with van der Waals surface area (Å²) in [5.74, 6) is -0.164. The molecule has 0 atom stereocenters. The van der Waals surface area contributed by atoms with E-state index in [4.69, 9.17) is 0 Å². The van der Waals surface area contributed by atoms with Crippen molar-refractivity contribution in [3.05, 3.63) is 53.5 Å². The highest BCUT2D eigenvalue weighted by Gasteiger charge is 2.41. The van der Waals surface area contributed by atoms with Crippen LogP contribution in [0.25, 0.3) is 22.6 Å². The largest absolute Gasteiger partial charge is 0.508 e. The number of halogens is 3. The van der Waals surface area contributed by atoms with E-state index in [1.54, 1.807) is 48.0 Å². The van der Waals surface area contributed by atoms with Gasteiger partial charge in [0.15, 0.2) is 5.82 Å². The molecule has 1 aliphatic rings. The lowest BCUT2D eigenvalue weighted by molar-refractivity contribution is -0.138. The van der Waals surface area contributed by atoms with Gasteiger partial charge in [0.25, 0.3) is 5.91 Å². The van der Waals surface area contributed by atoms with E-state index in [0.29, 0.717) is 41.1 Å². The van der Waals surface area contributed by atoms with Crippen molar-refractivity contribution in [2.45, 2.75) is 19.6 Å². The summed E-state index contributed by atoms with van der Waals surface area (Å²) >= 11 is 0. The number of pyridine rings is 1. The number of aromatic hydroxyl groups is 1. The van der Waals surface area contributed by atoms with Gasteiger partial charge in [0.1, 0.15) is 23.7 Å². The predicted octanol–water partition coefficient (Wildman–Crippen LogP) is 3.59. The van der Waals surface area contributed by atoms with E-state index in [0.717, 1.165) is 6.07 Å². The maximum atomic E-state index is 13.7. The van der Waals surface area contributed by atoms with E-state index in [1.165, 1.54) is 4.90 Å². The number of aryl methyl sites for hydroxylation is 2. The van der Waals surface area contributed by atoms with E-state index in [9.17, 15) is 23.1 Å². The molecule has 13 heteroatoms. The highest BCUT2D eigenvalue weighted by molar-refractivity contribution is 6.10. The highest BCUT2D eigenvalue weighted by Crippen LogP contribution is 2.41. The highest BCUT2D eigenvalue weighted by atomic mass is 19.4. The number of aromatic nitrogens is 6. The lowest BCUT2D eigenvalue weighted by Crippen LogP contribution is -2.24. The van der Waals surface area contributed by atoms with Crippen LogP contribution in [0.2, 0.25) is 0 Å². The van der Waals surface area contributed by atoms with Crippen LogP contribution in [0.5, 0.6) is 5.75 Å². The average molecular weight is 498 g/mol. The SMILES string of the molecule is CCNc1cc(-c2c(-c3nncn3C)cnn2C)cc(N2Cc3c(cc(O)cc3C(F)(F)F)C2=O)n1. The number of phenolic OH excluding ortho intramolecular Hbond substituents is 1. The summed E-state index contributed by atoms with van der Waals surface area (Å²) in [7, 11) is 3.54. The zero-order valence-corrected chi connectivity index (χ0v) is 19.5. The molecule has 3 aromatic heterocycles. The van der Waals surface area contributed by atoms with Crippen molar-refractivity contribution >= 4 is 17.5 Å². The smallest absolute Gasteiger partial charge is 0.416 e. The molecule has 1 amide bonds. The van der Waals surface area contributed by atoms with Crippen LogP contribution in [-0.2, 0) is 26.8 Å². The Morgan fingerprint density at radius 1 is 1.14 bits per heavy atom. The number of anilines is 2. The van der Waals surface area contributed by atoms with Gasteiger partial charge in [-0.2, -0.15) is 18.3 Å². The average Bonchev–Trinajstić information content (AvgIpc) is 3.50. The molecule has 4 heterocycles. The lowest BCUT2D eigenvalue weighted by atomic mass is 10.0. The number of nitrogens with zero attached hydrogens (tertiary/aromatic N) is 7.